The summed E-state index contributed by atoms with van der Waals surface area (Å²) in [5, 5.41) is 2.83. The number of anilines is 1. The Bertz CT molecular complexity index is 1080. The van der Waals surface area contributed by atoms with Crippen molar-refractivity contribution in [2.45, 2.75) is 0 Å². The molecule has 0 saturated carbocycles. The van der Waals surface area contributed by atoms with Gasteiger partial charge in [0.1, 0.15) is 17.1 Å². The van der Waals surface area contributed by atoms with E-state index in [0.29, 0.717) is 11.4 Å². The maximum absolute atomic E-state index is 12.2. The Balaban J connectivity index is 1.39. The maximum Gasteiger partial charge on any atom is 0.248 e. The lowest BCUT2D eigenvalue weighted by atomic mass is 10.3. The molecular weight excluding hydrogens is 338 g/mol. The van der Waals surface area contributed by atoms with E-state index in [-0.39, 0.29) is 5.91 Å². The topological polar surface area (TPSA) is 55.6 Å². The van der Waals surface area contributed by atoms with Crippen molar-refractivity contribution in [3.63, 3.8) is 0 Å². The summed E-state index contributed by atoms with van der Waals surface area (Å²) in [6.45, 7) is 0. The summed E-state index contributed by atoms with van der Waals surface area (Å²) in [6, 6.07) is 22.5. The SMILES string of the molecule is O=C(/C=C/c1cnc2ccccn12)Nc1ccc(Oc2ccccc2)cc1. The molecule has 0 saturated heterocycles. The third-order valence-electron chi connectivity index (χ3n) is 3.95. The van der Waals surface area contributed by atoms with Crippen molar-refractivity contribution in [2.24, 2.45) is 0 Å². The van der Waals surface area contributed by atoms with Crippen molar-refractivity contribution in [3.05, 3.63) is 97.0 Å². The van der Waals surface area contributed by atoms with Crippen molar-refractivity contribution in [1.82, 2.24) is 9.38 Å². The Morgan fingerprint density at radius 1 is 0.926 bits per heavy atom. The summed E-state index contributed by atoms with van der Waals surface area (Å²) < 4.78 is 7.66. The molecule has 0 aliphatic rings. The van der Waals surface area contributed by atoms with Gasteiger partial charge in [0.25, 0.3) is 0 Å². The van der Waals surface area contributed by atoms with Crippen molar-refractivity contribution in [2.75, 3.05) is 5.32 Å². The van der Waals surface area contributed by atoms with Crippen molar-refractivity contribution < 1.29 is 9.53 Å². The minimum Gasteiger partial charge on any atom is -0.457 e. The normalized spacial score (nSPS) is 11.0. The number of fused-ring (bicyclic) bond motifs is 1. The van der Waals surface area contributed by atoms with Gasteiger partial charge in [-0.05, 0) is 54.6 Å². The van der Waals surface area contributed by atoms with Gasteiger partial charge in [0.2, 0.25) is 5.91 Å². The largest absolute Gasteiger partial charge is 0.457 e. The number of pyridine rings is 1. The summed E-state index contributed by atoms with van der Waals surface area (Å²) in [6.07, 6.45) is 6.87. The fourth-order valence-corrected chi connectivity index (χ4v) is 2.65. The molecule has 0 fully saturated rings. The van der Waals surface area contributed by atoms with Crippen LogP contribution in [-0.2, 0) is 4.79 Å². The van der Waals surface area contributed by atoms with E-state index in [1.807, 2.05) is 71.3 Å². The van der Waals surface area contributed by atoms with Crippen LogP contribution in [0.5, 0.6) is 11.5 Å². The lowest BCUT2D eigenvalue weighted by Gasteiger charge is -2.07. The Kier molecular flexibility index (Phi) is 4.66. The molecule has 4 rings (SSSR count). The highest BCUT2D eigenvalue weighted by Crippen LogP contribution is 2.22. The fraction of sp³-hybridized carbons (Fsp3) is 0. The lowest BCUT2D eigenvalue weighted by molar-refractivity contribution is -0.111. The van der Waals surface area contributed by atoms with Crippen LogP contribution < -0.4 is 10.1 Å². The molecule has 2 heterocycles. The molecule has 2 aromatic heterocycles. The van der Waals surface area contributed by atoms with Crippen molar-refractivity contribution in [3.8, 4) is 11.5 Å². The Morgan fingerprint density at radius 3 is 2.48 bits per heavy atom. The van der Waals surface area contributed by atoms with Gasteiger partial charge in [-0.2, -0.15) is 0 Å². The number of ether oxygens (including phenoxy) is 1. The standard InChI is InChI=1S/C22H17N3O2/c26-22(14-11-18-16-23-21-8-4-5-15-25(18)21)24-17-9-12-20(13-10-17)27-19-6-2-1-3-7-19/h1-16H,(H,24,26)/b14-11+. The minimum absolute atomic E-state index is 0.211. The van der Waals surface area contributed by atoms with Crippen LogP contribution in [0.3, 0.4) is 0 Å². The maximum atomic E-state index is 12.2. The van der Waals surface area contributed by atoms with Crippen LogP contribution >= 0.6 is 0 Å². The van der Waals surface area contributed by atoms with Gasteiger partial charge in [0.05, 0.1) is 11.9 Å². The van der Waals surface area contributed by atoms with Crippen LogP contribution in [0.15, 0.2) is 91.3 Å². The van der Waals surface area contributed by atoms with Crippen LogP contribution in [0.25, 0.3) is 11.7 Å². The Hall–Kier alpha value is -3.86. The van der Waals surface area contributed by atoms with Crippen LogP contribution in [-0.4, -0.2) is 15.3 Å². The number of carbonyl (C=O) groups excluding carboxylic acids is 1. The number of benzene rings is 2. The van der Waals surface area contributed by atoms with Gasteiger partial charge in [-0.15, -0.1) is 0 Å². The first-order valence-electron chi connectivity index (χ1n) is 8.52. The van der Waals surface area contributed by atoms with E-state index in [2.05, 4.69) is 10.3 Å². The smallest absolute Gasteiger partial charge is 0.248 e. The number of aromatic nitrogens is 2. The van der Waals surface area contributed by atoms with E-state index in [1.54, 1.807) is 24.4 Å². The average Bonchev–Trinajstić information content (AvgIpc) is 3.12. The van der Waals surface area contributed by atoms with Crippen LogP contribution in [0.2, 0.25) is 0 Å². The van der Waals surface area contributed by atoms with Crippen LogP contribution in [0.4, 0.5) is 5.69 Å². The second kappa shape index (κ2) is 7.58. The van der Waals surface area contributed by atoms with E-state index in [9.17, 15) is 4.79 Å². The molecule has 1 amide bonds. The lowest BCUT2D eigenvalue weighted by Crippen LogP contribution is -2.07. The zero-order chi connectivity index (χ0) is 18.5. The molecule has 132 valence electrons. The Labute approximate surface area is 156 Å². The first-order chi connectivity index (χ1) is 13.3. The van der Waals surface area contributed by atoms with E-state index in [1.165, 1.54) is 6.08 Å². The van der Waals surface area contributed by atoms with E-state index in [4.69, 9.17) is 4.74 Å². The number of amides is 1. The van der Waals surface area contributed by atoms with Gasteiger partial charge in [-0.1, -0.05) is 24.3 Å². The number of hydrogen-bond acceptors (Lipinski definition) is 3. The van der Waals surface area contributed by atoms with Crippen molar-refractivity contribution >= 4 is 23.3 Å². The number of rotatable bonds is 5. The van der Waals surface area contributed by atoms with Gasteiger partial charge in [0, 0.05) is 18.0 Å². The molecule has 4 aromatic rings. The van der Waals surface area contributed by atoms with Gasteiger partial charge in [0.15, 0.2) is 0 Å². The minimum atomic E-state index is -0.211. The third kappa shape index (κ3) is 4.04. The fourth-order valence-electron chi connectivity index (χ4n) is 2.65. The van der Waals surface area contributed by atoms with Gasteiger partial charge in [-0.25, -0.2) is 4.98 Å². The number of nitrogens with one attached hydrogen (secondary N) is 1. The quantitative estimate of drug-likeness (QED) is 0.524. The molecule has 0 bridgehead atoms. The molecule has 0 aliphatic heterocycles. The molecule has 0 aliphatic carbocycles. The number of para-hydroxylation sites is 1. The molecule has 0 radical (unpaired) electrons. The number of nitrogens with zero attached hydrogens (tertiary/aromatic N) is 2. The molecule has 2 aromatic carbocycles. The molecule has 0 atom stereocenters. The predicted octanol–water partition coefficient (Wildman–Crippen LogP) is 4.78. The summed E-state index contributed by atoms with van der Waals surface area (Å²) >= 11 is 0. The van der Waals surface area contributed by atoms with E-state index < -0.39 is 0 Å². The summed E-state index contributed by atoms with van der Waals surface area (Å²) in [4.78, 5) is 16.5. The first kappa shape index (κ1) is 16.6. The second-order valence-corrected chi connectivity index (χ2v) is 5.87. The number of carbonyl (C=O) groups is 1. The molecule has 5 heteroatoms. The van der Waals surface area contributed by atoms with Crippen molar-refractivity contribution in [1.29, 1.82) is 0 Å². The van der Waals surface area contributed by atoms with Crippen LogP contribution in [0, 0.1) is 0 Å². The first-order valence-corrected chi connectivity index (χ1v) is 8.52. The molecule has 27 heavy (non-hydrogen) atoms. The van der Waals surface area contributed by atoms with Gasteiger partial charge >= 0.3 is 0 Å². The predicted molar refractivity (Wildman–Crippen MR) is 106 cm³/mol. The van der Waals surface area contributed by atoms with E-state index in [0.717, 1.165) is 17.1 Å². The summed E-state index contributed by atoms with van der Waals surface area (Å²) in [5.74, 6) is 1.27. The zero-order valence-corrected chi connectivity index (χ0v) is 14.4. The third-order valence-corrected chi connectivity index (χ3v) is 3.95. The molecule has 0 spiro atoms. The molecule has 5 nitrogen and oxygen atoms in total. The Morgan fingerprint density at radius 2 is 1.67 bits per heavy atom. The number of imidazole rings is 1. The summed E-state index contributed by atoms with van der Waals surface area (Å²) in [7, 11) is 0. The number of hydrogen-bond donors (Lipinski definition) is 1. The highest BCUT2D eigenvalue weighted by Gasteiger charge is 2.02. The zero-order valence-electron chi connectivity index (χ0n) is 14.4. The highest BCUT2D eigenvalue weighted by atomic mass is 16.5. The average molecular weight is 355 g/mol. The van der Waals surface area contributed by atoms with Gasteiger partial charge in [-0.3, -0.25) is 4.79 Å². The molecular formula is C22H17N3O2. The molecule has 0 unspecified atom stereocenters. The molecule has 1 N–H and O–H groups in total. The summed E-state index contributed by atoms with van der Waals surface area (Å²) in [5.41, 5.74) is 2.38. The van der Waals surface area contributed by atoms with E-state index >= 15 is 0 Å². The second-order valence-electron chi connectivity index (χ2n) is 5.87. The van der Waals surface area contributed by atoms with Gasteiger partial charge < -0.3 is 14.5 Å². The van der Waals surface area contributed by atoms with Crippen LogP contribution in [0.1, 0.15) is 5.69 Å². The highest BCUT2D eigenvalue weighted by molar-refractivity contribution is 6.01. The monoisotopic (exact) mass is 355 g/mol.